The smallest absolute Gasteiger partial charge is 0.331 e. The van der Waals surface area contributed by atoms with Crippen molar-refractivity contribution in [2.24, 2.45) is 0 Å². The standard InChI is InChI=1S/C32H33BrClN3O5/c33-24-7-13-27(14-8-24)41-22-6-4-2-1-3-5-20-36-21-19-31(39)37(32(36)40)23-30(38)35-26-11-17-29(18-12-26)42-28-15-9-25(34)10-16-28/h7-19,21H,1-6,20,22-23H2,(H,35,38). The van der Waals surface area contributed by atoms with E-state index in [4.69, 9.17) is 21.1 Å². The largest absolute Gasteiger partial charge is 0.494 e. The highest BCUT2D eigenvalue weighted by atomic mass is 79.9. The number of halogens is 2. The molecule has 3 aromatic carbocycles. The van der Waals surface area contributed by atoms with Gasteiger partial charge < -0.3 is 19.4 Å². The Hall–Kier alpha value is -3.82. The molecule has 0 unspecified atom stereocenters. The molecule has 42 heavy (non-hydrogen) atoms. The zero-order chi connectivity index (χ0) is 29.7. The van der Waals surface area contributed by atoms with Gasteiger partial charge >= 0.3 is 5.69 Å². The molecular weight excluding hydrogens is 622 g/mol. The molecule has 0 bridgehead atoms. The third-order valence-corrected chi connectivity index (χ3v) is 7.29. The lowest BCUT2D eigenvalue weighted by Gasteiger charge is -2.11. The first-order valence-electron chi connectivity index (χ1n) is 13.9. The van der Waals surface area contributed by atoms with E-state index in [2.05, 4.69) is 21.2 Å². The van der Waals surface area contributed by atoms with Crippen molar-refractivity contribution in [2.45, 2.75) is 51.6 Å². The molecule has 4 rings (SSSR count). The van der Waals surface area contributed by atoms with Crippen molar-refractivity contribution in [3.8, 4) is 17.2 Å². The highest BCUT2D eigenvalue weighted by Gasteiger charge is 2.11. The molecule has 220 valence electrons. The van der Waals surface area contributed by atoms with Gasteiger partial charge in [-0.2, -0.15) is 0 Å². The number of nitrogens with zero attached hydrogens (tertiary/aromatic N) is 2. The van der Waals surface area contributed by atoms with Crippen LogP contribution < -0.4 is 26.0 Å². The van der Waals surface area contributed by atoms with Gasteiger partial charge in [-0.05, 0) is 85.6 Å². The number of anilines is 1. The predicted octanol–water partition coefficient (Wildman–Crippen LogP) is 7.28. The maximum Gasteiger partial charge on any atom is 0.331 e. The Balaban J connectivity index is 1.17. The number of aromatic nitrogens is 2. The average molecular weight is 655 g/mol. The van der Waals surface area contributed by atoms with Gasteiger partial charge in [-0.25, -0.2) is 4.79 Å². The Bertz CT molecular complexity index is 1550. The van der Waals surface area contributed by atoms with E-state index in [1.165, 1.54) is 16.8 Å². The third-order valence-electron chi connectivity index (χ3n) is 6.50. The second kappa shape index (κ2) is 16.0. The second-order valence-corrected chi connectivity index (χ2v) is 11.1. The number of unbranched alkanes of at least 4 members (excludes halogenated alkanes) is 5. The summed E-state index contributed by atoms with van der Waals surface area (Å²) in [6.45, 7) is 0.808. The van der Waals surface area contributed by atoms with Gasteiger partial charge in [0.1, 0.15) is 23.8 Å². The van der Waals surface area contributed by atoms with E-state index in [1.807, 2.05) is 24.3 Å². The van der Waals surface area contributed by atoms with Crippen LogP contribution in [0.1, 0.15) is 38.5 Å². The van der Waals surface area contributed by atoms with E-state index in [-0.39, 0.29) is 6.54 Å². The summed E-state index contributed by atoms with van der Waals surface area (Å²) in [5.41, 5.74) is -0.481. The Morgan fingerprint density at radius 2 is 1.36 bits per heavy atom. The summed E-state index contributed by atoms with van der Waals surface area (Å²) in [6.07, 6.45) is 7.49. The molecule has 0 aliphatic rings. The molecule has 8 nitrogen and oxygen atoms in total. The van der Waals surface area contributed by atoms with Crippen LogP contribution in [-0.2, 0) is 17.9 Å². The summed E-state index contributed by atoms with van der Waals surface area (Å²) < 4.78 is 15.0. The predicted molar refractivity (Wildman–Crippen MR) is 169 cm³/mol. The fourth-order valence-corrected chi connectivity index (χ4v) is 4.66. The highest BCUT2D eigenvalue weighted by molar-refractivity contribution is 9.10. The first kappa shape index (κ1) is 31.1. The van der Waals surface area contributed by atoms with Crippen LogP contribution in [0.15, 0.2) is 99.1 Å². The molecule has 0 fully saturated rings. The maximum atomic E-state index is 12.9. The van der Waals surface area contributed by atoms with E-state index in [0.717, 1.165) is 53.3 Å². The molecular formula is C32H33BrClN3O5. The molecule has 1 heterocycles. The minimum atomic E-state index is -0.511. The monoisotopic (exact) mass is 653 g/mol. The molecule has 1 N–H and O–H groups in total. The summed E-state index contributed by atoms with van der Waals surface area (Å²) in [6, 6.07) is 22.9. The number of benzene rings is 3. The van der Waals surface area contributed by atoms with Gasteiger partial charge in [0.25, 0.3) is 5.56 Å². The highest BCUT2D eigenvalue weighted by Crippen LogP contribution is 2.24. The molecule has 4 aromatic rings. The minimum Gasteiger partial charge on any atom is -0.494 e. The fraction of sp³-hybridized carbons (Fsp3) is 0.281. The molecule has 0 saturated carbocycles. The molecule has 10 heteroatoms. The van der Waals surface area contributed by atoms with E-state index in [0.29, 0.717) is 35.4 Å². The summed E-state index contributed by atoms with van der Waals surface area (Å²) in [7, 11) is 0. The molecule has 0 aliphatic heterocycles. The van der Waals surface area contributed by atoms with Crippen LogP contribution in [0.3, 0.4) is 0 Å². The number of carbonyl (C=O) groups excluding carboxylic acids is 1. The first-order chi connectivity index (χ1) is 20.4. The molecule has 0 radical (unpaired) electrons. The first-order valence-corrected chi connectivity index (χ1v) is 15.1. The summed E-state index contributed by atoms with van der Waals surface area (Å²) in [5, 5.41) is 3.34. The van der Waals surface area contributed by atoms with Crippen molar-refractivity contribution >= 4 is 39.1 Å². The molecule has 1 aromatic heterocycles. The molecule has 0 atom stereocenters. The van der Waals surface area contributed by atoms with Crippen molar-refractivity contribution in [2.75, 3.05) is 11.9 Å². The van der Waals surface area contributed by atoms with E-state index in [9.17, 15) is 14.4 Å². The van der Waals surface area contributed by atoms with Crippen molar-refractivity contribution in [3.63, 3.8) is 0 Å². The molecule has 1 amide bonds. The van der Waals surface area contributed by atoms with Gasteiger partial charge in [0.2, 0.25) is 5.91 Å². The lowest BCUT2D eigenvalue weighted by molar-refractivity contribution is -0.116. The zero-order valence-corrected chi connectivity index (χ0v) is 25.5. The molecule has 0 saturated heterocycles. The number of hydrogen-bond acceptors (Lipinski definition) is 5. The van der Waals surface area contributed by atoms with Gasteiger partial charge in [0.05, 0.1) is 6.61 Å². The molecule has 0 aliphatic carbocycles. The number of nitrogens with one attached hydrogen (secondary N) is 1. The number of carbonyl (C=O) groups is 1. The van der Waals surface area contributed by atoms with Crippen LogP contribution in [0.4, 0.5) is 5.69 Å². The maximum absolute atomic E-state index is 12.9. The van der Waals surface area contributed by atoms with E-state index >= 15 is 0 Å². The zero-order valence-electron chi connectivity index (χ0n) is 23.1. The van der Waals surface area contributed by atoms with Gasteiger partial charge in [-0.15, -0.1) is 0 Å². The van der Waals surface area contributed by atoms with Crippen LogP contribution >= 0.6 is 27.5 Å². The van der Waals surface area contributed by atoms with Gasteiger partial charge in [0.15, 0.2) is 0 Å². The fourth-order valence-electron chi connectivity index (χ4n) is 4.27. The summed E-state index contributed by atoms with van der Waals surface area (Å²) in [4.78, 5) is 37.9. The Labute approximate surface area is 258 Å². The van der Waals surface area contributed by atoms with Gasteiger partial charge in [-0.1, -0.05) is 53.2 Å². The lowest BCUT2D eigenvalue weighted by atomic mass is 10.1. The van der Waals surface area contributed by atoms with Crippen LogP contribution in [0.2, 0.25) is 5.02 Å². The Kier molecular flexibility index (Phi) is 11.8. The number of amides is 1. The lowest BCUT2D eigenvalue weighted by Crippen LogP contribution is -2.41. The van der Waals surface area contributed by atoms with Crippen LogP contribution in [0.25, 0.3) is 0 Å². The summed E-state index contributed by atoms with van der Waals surface area (Å²) in [5.74, 6) is 1.62. The van der Waals surface area contributed by atoms with E-state index < -0.39 is 17.2 Å². The number of hydrogen-bond donors (Lipinski definition) is 1. The van der Waals surface area contributed by atoms with Gasteiger partial charge in [0, 0.05) is 34.0 Å². The number of aryl methyl sites for hydroxylation is 1. The van der Waals surface area contributed by atoms with Crippen LogP contribution in [0, 0.1) is 0 Å². The number of rotatable bonds is 15. The second-order valence-electron chi connectivity index (χ2n) is 9.77. The van der Waals surface area contributed by atoms with Crippen molar-refractivity contribution in [3.05, 3.63) is 115 Å². The Morgan fingerprint density at radius 3 is 2.05 bits per heavy atom. The minimum absolute atomic E-state index is 0.371. The average Bonchev–Trinajstić information content (AvgIpc) is 2.98. The summed E-state index contributed by atoms with van der Waals surface area (Å²) >= 11 is 9.31. The quantitative estimate of drug-likeness (QED) is 0.136. The SMILES string of the molecule is O=C(Cn1c(=O)ccn(CCCCCCCCOc2ccc(Br)cc2)c1=O)Nc1ccc(Oc2ccc(Cl)cc2)cc1. The van der Waals surface area contributed by atoms with Crippen LogP contribution in [0.5, 0.6) is 17.2 Å². The van der Waals surface area contributed by atoms with Crippen molar-refractivity contribution < 1.29 is 14.3 Å². The van der Waals surface area contributed by atoms with Crippen LogP contribution in [-0.4, -0.2) is 21.6 Å². The third kappa shape index (κ3) is 9.92. The number of ether oxygens (including phenoxy) is 2. The van der Waals surface area contributed by atoms with E-state index in [1.54, 1.807) is 48.5 Å². The molecule has 0 spiro atoms. The van der Waals surface area contributed by atoms with Crippen molar-refractivity contribution in [1.82, 2.24) is 9.13 Å². The van der Waals surface area contributed by atoms with Gasteiger partial charge in [-0.3, -0.25) is 14.2 Å². The Morgan fingerprint density at radius 1 is 0.762 bits per heavy atom. The normalized spacial score (nSPS) is 10.8. The topological polar surface area (TPSA) is 91.6 Å². The van der Waals surface area contributed by atoms with Crippen molar-refractivity contribution in [1.29, 1.82) is 0 Å².